The fraction of sp³-hybridized carbons (Fsp3) is 0.333. The average molecular weight is 587 g/mol. The molecule has 3 aromatic rings. The highest BCUT2D eigenvalue weighted by molar-refractivity contribution is 7.86. The molecule has 212 valence electrons. The largest absolute Gasteiger partial charge is 0.496 e. The number of benzene rings is 2. The number of fused-ring (bicyclic) bond motifs is 1. The number of hydrogen-bond acceptors (Lipinski definition) is 13. The van der Waals surface area contributed by atoms with Gasteiger partial charge in [0.1, 0.15) is 49.1 Å². The summed E-state index contributed by atoms with van der Waals surface area (Å²) < 4.78 is 80.9. The Bertz CT molecular complexity index is 1620. The van der Waals surface area contributed by atoms with E-state index >= 15 is 0 Å². The van der Waals surface area contributed by atoms with Crippen molar-refractivity contribution in [1.82, 2.24) is 0 Å². The van der Waals surface area contributed by atoms with Gasteiger partial charge < -0.3 is 23.4 Å². The summed E-state index contributed by atoms with van der Waals surface area (Å²) in [6, 6.07) is 8.41. The molecular weight excluding hydrogens is 560 g/mol. The standard InChI is InChI=1S/C24H26O13S2/c1-31-16-12-20(32-2)17-14-18(24(26)37-21(17)13-16)23(25)15-5-6-19(33-7-9-35-38(3,27)28)22(11-15)34-8-10-36-39(4,29)30/h5-6,11-14H,7-10H2,1-4H3. The number of carbonyl (C=O) groups is 1. The van der Waals surface area contributed by atoms with Gasteiger partial charge in [-0.1, -0.05) is 0 Å². The molecule has 2 aromatic carbocycles. The van der Waals surface area contributed by atoms with Crippen LogP contribution < -0.4 is 24.6 Å². The Morgan fingerprint density at radius 3 is 1.95 bits per heavy atom. The van der Waals surface area contributed by atoms with Gasteiger partial charge >= 0.3 is 5.63 Å². The molecule has 0 aliphatic rings. The first-order valence-corrected chi connectivity index (χ1v) is 14.8. The minimum Gasteiger partial charge on any atom is -0.496 e. The molecular formula is C24H26O13S2. The Morgan fingerprint density at radius 1 is 0.769 bits per heavy atom. The monoisotopic (exact) mass is 586 g/mol. The van der Waals surface area contributed by atoms with Crippen LogP contribution in [0.3, 0.4) is 0 Å². The van der Waals surface area contributed by atoms with Crippen molar-refractivity contribution < 1.29 is 53.4 Å². The Hall–Kier alpha value is -3.66. The Labute approximate surface area is 224 Å². The maximum atomic E-state index is 13.3. The maximum Gasteiger partial charge on any atom is 0.347 e. The predicted molar refractivity (Wildman–Crippen MR) is 138 cm³/mol. The highest BCUT2D eigenvalue weighted by Crippen LogP contribution is 2.32. The first kappa shape index (κ1) is 29.9. The summed E-state index contributed by atoms with van der Waals surface area (Å²) in [5.74, 6) is 0.109. The molecule has 0 aliphatic heterocycles. The number of ether oxygens (including phenoxy) is 4. The molecule has 0 unspecified atom stereocenters. The third kappa shape index (κ3) is 8.41. The molecule has 0 aliphatic carbocycles. The summed E-state index contributed by atoms with van der Waals surface area (Å²) >= 11 is 0. The second kappa shape index (κ2) is 12.5. The maximum absolute atomic E-state index is 13.3. The van der Waals surface area contributed by atoms with E-state index in [-0.39, 0.29) is 54.6 Å². The van der Waals surface area contributed by atoms with Crippen molar-refractivity contribution in [2.24, 2.45) is 0 Å². The SMILES string of the molecule is COc1cc(OC)c2cc(C(=O)c3ccc(OCCOS(C)(=O)=O)c(OCCOS(C)(=O)=O)c3)c(=O)oc2c1. The van der Waals surface area contributed by atoms with Crippen LogP contribution >= 0.6 is 0 Å². The summed E-state index contributed by atoms with van der Waals surface area (Å²) in [5.41, 5.74) is -1.01. The summed E-state index contributed by atoms with van der Waals surface area (Å²) in [4.78, 5) is 26.0. The van der Waals surface area contributed by atoms with Gasteiger partial charge in [0, 0.05) is 17.7 Å². The second-order valence-corrected chi connectivity index (χ2v) is 11.2. The molecule has 39 heavy (non-hydrogen) atoms. The quantitative estimate of drug-likeness (QED) is 0.116. The predicted octanol–water partition coefficient (Wildman–Crippen LogP) is 1.75. The highest BCUT2D eigenvalue weighted by atomic mass is 32.2. The lowest BCUT2D eigenvalue weighted by atomic mass is 10.0. The van der Waals surface area contributed by atoms with Gasteiger partial charge in [0.25, 0.3) is 20.2 Å². The lowest BCUT2D eigenvalue weighted by Crippen LogP contribution is -2.16. The van der Waals surface area contributed by atoms with E-state index in [1.54, 1.807) is 6.07 Å². The van der Waals surface area contributed by atoms with Crippen molar-refractivity contribution in [2.45, 2.75) is 0 Å². The number of methoxy groups -OCH3 is 2. The third-order valence-corrected chi connectivity index (χ3v) is 6.16. The van der Waals surface area contributed by atoms with E-state index in [9.17, 15) is 26.4 Å². The minimum absolute atomic E-state index is 0.00444. The molecule has 0 bridgehead atoms. The summed E-state index contributed by atoms with van der Waals surface area (Å²) in [6.07, 6.45) is 1.77. The van der Waals surface area contributed by atoms with E-state index in [4.69, 9.17) is 23.4 Å². The number of hydrogen-bond donors (Lipinski definition) is 0. The molecule has 0 N–H and O–H groups in total. The number of ketones is 1. The van der Waals surface area contributed by atoms with Gasteiger partial charge in [0.15, 0.2) is 11.5 Å². The van der Waals surface area contributed by atoms with Crippen LogP contribution in [0.25, 0.3) is 11.0 Å². The van der Waals surface area contributed by atoms with E-state index < -0.39 is 31.6 Å². The van der Waals surface area contributed by atoms with Gasteiger partial charge in [-0.3, -0.25) is 13.2 Å². The van der Waals surface area contributed by atoms with Crippen molar-refractivity contribution in [1.29, 1.82) is 0 Å². The fourth-order valence-electron chi connectivity index (χ4n) is 3.32. The first-order valence-electron chi connectivity index (χ1n) is 11.1. The van der Waals surface area contributed by atoms with Gasteiger partial charge in [-0.25, -0.2) is 4.79 Å². The zero-order valence-electron chi connectivity index (χ0n) is 21.4. The molecule has 0 spiro atoms. The molecule has 0 saturated carbocycles. The molecule has 1 aromatic heterocycles. The smallest absolute Gasteiger partial charge is 0.347 e. The van der Waals surface area contributed by atoms with Crippen molar-refractivity contribution >= 4 is 37.0 Å². The molecule has 0 amide bonds. The number of rotatable bonds is 14. The molecule has 1 heterocycles. The van der Waals surface area contributed by atoms with Crippen LogP contribution in [0.2, 0.25) is 0 Å². The Kier molecular flexibility index (Phi) is 9.55. The molecule has 3 rings (SSSR count). The lowest BCUT2D eigenvalue weighted by Gasteiger charge is -2.14. The average Bonchev–Trinajstić information content (AvgIpc) is 2.86. The highest BCUT2D eigenvalue weighted by Gasteiger charge is 2.20. The minimum atomic E-state index is -3.71. The summed E-state index contributed by atoms with van der Waals surface area (Å²) in [7, 11) is -4.54. The van der Waals surface area contributed by atoms with Gasteiger partial charge in [-0.2, -0.15) is 16.8 Å². The van der Waals surface area contributed by atoms with E-state index in [1.807, 2.05) is 0 Å². The van der Waals surface area contributed by atoms with Crippen LogP contribution in [-0.2, 0) is 28.6 Å². The van der Waals surface area contributed by atoms with Crippen LogP contribution in [-0.4, -0.2) is 75.8 Å². The van der Waals surface area contributed by atoms with Crippen molar-refractivity contribution in [3.8, 4) is 23.0 Å². The summed E-state index contributed by atoms with van der Waals surface area (Å²) in [5, 5.41) is 0.362. The molecule has 13 nitrogen and oxygen atoms in total. The van der Waals surface area contributed by atoms with E-state index in [0.29, 0.717) is 16.9 Å². The molecule has 0 radical (unpaired) electrons. The molecule has 15 heteroatoms. The van der Waals surface area contributed by atoms with Gasteiger partial charge in [-0.15, -0.1) is 0 Å². The van der Waals surface area contributed by atoms with Crippen molar-refractivity contribution in [3.05, 3.63) is 57.9 Å². The normalized spacial score (nSPS) is 11.8. The van der Waals surface area contributed by atoms with Crippen LogP contribution in [0.1, 0.15) is 15.9 Å². The summed E-state index contributed by atoms with van der Waals surface area (Å²) in [6.45, 7) is -1.04. The second-order valence-electron chi connectivity index (χ2n) is 7.93. The van der Waals surface area contributed by atoms with Crippen molar-refractivity contribution in [2.75, 3.05) is 53.2 Å². The zero-order chi connectivity index (χ0) is 28.8. The van der Waals surface area contributed by atoms with Gasteiger partial charge in [0.2, 0.25) is 5.78 Å². The third-order valence-electron chi connectivity index (χ3n) is 4.97. The molecule has 0 fully saturated rings. The van der Waals surface area contributed by atoms with E-state index in [1.165, 1.54) is 44.6 Å². The van der Waals surface area contributed by atoms with Crippen LogP contribution in [0, 0.1) is 0 Å². The Morgan fingerprint density at radius 2 is 1.38 bits per heavy atom. The van der Waals surface area contributed by atoms with E-state index in [0.717, 1.165) is 12.5 Å². The van der Waals surface area contributed by atoms with Crippen LogP contribution in [0.4, 0.5) is 0 Å². The molecule has 0 saturated heterocycles. The topological polar surface area (TPSA) is 171 Å². The lowest BCUT2D eigenvalue weighted by molar-refractivity contribution is 0.103. The van der Waals surface area contributed by atoms with Crippen LogP contribution in [0.5, 0.6) is 23.0 Å². The fourth-order valence-corrected chi connectivity index (χ4v) is 4.06. The zero-order valence-corrected chi connectivity index (χ0v) is 23.0. The Balaban J connectivity index is 1.93. The van der Waals surface area contributed by atoms with Crippen LogP contribution in [0.15, 0.2) is 45.6 Å². The first-order chi connectivity index (χ1) is 18.3. The van der Waals surface area contributed by atoms with E-state index in [2.05, 4.69) is 8.37 Å². The van der Waals surface area contributed by atoms with Gasteiger partial charge in [-0.05, 0) is 24.3 Å². The molecule has 0 atom stereocenters. The van der Waals surface area contributed by atoms with Crippen molar-refractivity contribution in [3.63, 3.8) is 0 Å². The number of carbonyl (C=O) groups excluding carboxylic acids is 1. The van der Waals surface area contributed by atoms with Gasteiger partial charge in [0.05, 0.1) is 32.1 Å².